The lowest BCUT2D eigenvalue weighted by Crippen LogP contribution is -2.61. The minimum atomic E-state index is -3.24. The van der Waals surface area contributed by atoms with Gasteiger partial charge in [0, 0.05) is 20.0 Å². The first-order chi connectivity index (χ1) is 11.7. The second kappa shape index (κ2) is 6.44. The van der Waals surface area contributed by atoms with E-state index in [2.05, 4.69) is 0 Å². The lowest BCUT2D eigenvalue weighted by molar-refractivity contribution is -0.143. The van der Waals surface area contributed by atoms with Gasteiger partial charge in [0.2, 0.25) is 11.8 Å². The monoisotopic (exact) mass is 364 g/mol. The lowest BCUT2D eigenvalue weighted by atomic mass is 10.00. The van der Waals surface area contributed by atoms with E-state index < -0.39 is 21.9 Å². The molecule has 7 heteroatoms. The SMILES string of the molecule is CC(=O)N1CCN(C(=O)Cc2cc(C)ccc2C)C2CS(=O)(=O)CC21. The first kappa shape index (κ1) is 17.9. The van der Waals surface area contributed by atoms with Crippen molar-refractivity contribution in [1.82, 2.24) is 9.80 Å². The summed E-state index contributed by atoms with van der Waals surface area (Å²) in [4.78, 5) is 28.0. The van der Waals surface area contributed by atoms with Gasteiger partial charge in [0.25, 0.3) is 0 Å². The van der Waals surface area contributed by atoms with Gasteiger partial charge < -0.3 is 9.80 Å². The van der Waals surface area contributed by atoms with Crippen molar-refractivity contribution >= 4 is 21.7 Å². The second-order valence-electron chi connectivity index (χ2n) is 7.12. The van der Waals surface area contributed by atoms with E-state index in [0.717, 1.165) is 16.7 Å². The van der Waals surface area contributed by atoms with Crippen LogP contribution in [0.1, 0.15) is 23.6 Å². The Morgan fingerprint density at radius 1 is 1.08 bits per heavy atom. The number of carbonyl (C=O) groups excluding carboxylic acids is 2. The highest BCUT2D eigenvalue weighted by atomic mass is 32.2. The van der Waals surface area contributed by atoms with Crippen molar-refractivity contribution in [2.45, 2.75) is 39.3 Å². The highest BCUT2D eigenvalue weighted by molar-refractivity contribution is 7.91. The number of carbonyl (C=O) groups is 2. The van der Waals surface area contributed by atoms with Crippen molar-refractivity contribution in [3.63, 3.8) is 0 Å². The number of hydrogen-bond donors (Lipinski definition) is 0. The van der Waals surface area contributed by atoms with Crippen LogP contribution in [0, 0.1) is 13.8 Å². The second-order valence-corrected chi connectivity index (χ2v) is 9.27. The molecule has 2 aliphatic heterocycles. The number of aryl methyl sites for hydroxylation is 2. The number of hydrogen-bond acceptors (Lipinski definition) is 4. The van der Waals surface area contributed by atoms with E-state index in [-0.39, 0.29) is 29.7 Å². The number of sulfone groups is 1. The molecular weight excluding hydrogens is 340 g/mol. The van der Waals surface area contributed by atoms with Gasteiger partial charge in [-0.2, -0.15) is 0 Å². The molecule has 0 aromatic heterocycles. The third-order valence-corrected chi connectivity index (χ3v) is 6.95. The van der Waals surface area contributed by atoms with Crippen LogP contribution in [0.15, 0.2) is 18.2 Å². The molecule has 136 valence electrons. The molecule has 25 heavy (non-hydrogen) atoms. The Labute approximate surface area is 148 Å². The summed E-state index contributed by atoms with van der Waals surface area (Å²) in [5, 5.41) is 0. The third kappa shape index (κ3) is 3.56. The fraction of sp³-hybridized carbons (Fsp3) is 0.556. The van der Waals surface area contributed by atoms with Crippen LogP contribution in [0.3, 0.4) is 0 Å². The van der Waals surface area contributed by atoms with E-state index in [4.69, 9.17) is 0 Å². The molecule has 2 amide bonds. The molecule has 1 aromatic rings. The average molecular weight is 364 g/mol. The molecule has 0 bridgehead atoms. The van der Waals surface area contributed by atoms with Gasteiger partial charge in [0.1, 0.15) is 0 Å². The van der Waals surface area contributed by atoms with E-state index in [9.17, 15) is 18.0 Å². The van der Waals surface area contributed by atoms with Crippen molar-refractivity contribution in [3.8, 4) is 0 Å². The van der Waals surface area contributed by atoms with Crippen LogP contribution in [0.2, 0.25) is 0 Å². The summed E-state index contributed by atoms with van der Waals surface area (Å²) in [6.07, 6.45) is 0.261. The molecule has 2 heterocycles. The molecule has 0 radical (unpaired) electrons. The van der Waals surface area contributed by atoms with Crippen LogP contribution in [-0.2, 0) is 25.8 Å². The molecule has 0 saturated carbocycles. The lowest BCUT2D eigenvalue weighted by Gasteiger charge is -2.43. The fourth-order valence-corrected chi connectivity index (χ4v) is 5.89. The largest absolute Gasteiger partial charge is 0.335 e. The van der Waals surface area contributed by atoms with Gasteiger partial charge in [-0.15, -0.1) is 0 Å². The molecule has 3 rings (SSSR count). The Morgan fingerprint density at radius 2 is 1.68 bits per heavy atom. The molecule has 1 aromatic carbocycles. The normalized spacial score (nSPS) is 24.9. The van der Waals surface area contributed by atoms with Gasteiger partial charge in [0.15, 0.2) is 9.84 Å². The smallest absolute Gasteiger partial charge is 0.227 e. The number of amides is 2. The molecule has 2 fully saturated rings. The molecule has 0 N–H and O–H groups in total. The van der Waals surface area contributed by atoms with Gasteiger partial charge in [-0.3, -0.25) is 9.59 Å². The zero-order valence-electron chi connectivity index (χ0n) is 14.9. The van der Waals surface area contributed by atoms with E-state index >= 15 is 0 Å². The fourth-order valence-electron chi connectivity index (χ4n) is 3.91. The first-order valence-electron chi connectivity index (χ1n) is 8.51. The Bertz CT molecular complexity index is 818. The first-order valence-corrected chi connectivity index (χ1v) is 10.3. The molecule has 2 saturated heterocycles. The van der Waals surface area contributed by atoms with Gasteiger partial charge in [0.05, 0.1) is 30.0 Å². The summed E-state index contributed by atoms with van der Waals surface area (Å²) in [6.45, 7) is 6.19. The predicted molar refractivity (Wildman–Crippen MR) is 94.9 cm³/mol. The van der Waals surface area contributed by atoms with Crippen LogP contribution in [0.4, 0.5) is 0 Å². The third-order valence-electron chi connectivity index (χ3n) is 5.25. The zero-order valence-corrected chi connectivity index (χ0v) is 15.7. The molecule has 2 aliphatic rings. The topological polar surface area (TPSA) is 74.8 Å². The van der Waals surface area contributed by atoms with Crippen LogP contribution in [0.5, 0.6) is 0 Å². The van der Waals surface area contributed by atoms with Crippen molar-refractivity contribution in [1.29, 1.82) is 0 Å². The molecular formula is C18H24N2O4S. The van der Waals surface area contributed by atoms with Gasteiger partial charge >= 0.3 is 0 Å². The average Bonchev–Trinajstić information content (AvgIpc) is 2.84. The standard InChI is InChI=1S/C18H24N2O4S/c1-12-4-5-13(2)15(8-12)9-18(22)20-7-6-19(14(3)21)16-10-25(23,24)11-17(16)20/h4-5,8,16-17H,6-7,9-11H2,1-3H3. The molecule has 0 aliphatic carbocycles. The summed E-state index contributed by atoms with van der Waals surface area (Å²) >= 11 is 0. The number of benzene rings is 1. The Balaban J connectivity index is 1.83. The minimum Gasteiger partial charge on any atom is -0.335 e. The minimum absolute atomic E-state index is 0.0511. The summed E-state index contributed by atoms with van der Waals surface area (Å²) in [5.74, 6) is -0.303. The van der Waals surface area contributed by atoms with E-state index in [0.29, 0.717) is 13.1 Å². The maximum absolute atomic E-state index is 12.9. The maximum Gasteiger partial charge on any atom is 0.227 e. The van der Waals surface area contributed by atoms with Gasteiger partial charge in [-0.1, -0.05) is 23.8 Å². The zero-order chi connectivity index (χ0) is 18.4. The van der Waals surface area contributed by atoms with Gasteiger partial charge in [-0.25, -0.2) is 8.42 Å². The molecule has 6 nitrogen and oxygen atoms in total. The van der Waals surface area contributed by atoms with E-state index in [1.54, 1.807) is 9.80 Å². The predicted octanol–water partition coefficient (Wildman–Crippen LogP) is 0.702. The van der Waals surface area contributed by atoms with Crippen molar-refractivity contribution in [2.24, 2.45) is 0 Å². The van der Waals surface area contributed by atoms with Gasteiger partial charge in [-0.05, 0) is 25.0 Å². The van der Waals surface area contributed by atoms with Crippen LogP contribution in [0.25, 0.3) is 0 Å². The maximum atomic E-state index is 12.9. The number of nitrogens with zero attached hydrogens (tertiary/aromatic N) is 2. The highest BCUT2D eigenvalue weighted by Gasteiger charge is 2.48. The Morgan fingerprint density at radius 3 is 2.32 bits per heavy atom. The summed E-state index contributed by atoms with van der Waals surface area (Å²) in [6, 6.07) is 5.16. The highest BCUT2D eigenvalue weighted by Crippen LogP contribution is 2.28. The van der Waals surface area contributed by atoms with Crippen molar-refractivity contribution in [3.05, 3.63) is 34.9 Å². The van der Waals surface area contributed by atoms with E-state index in [1.165, 1.54) is 6.92 Å². The number of piperazine rings is 1. The Kier molecular flexibility index (Phi) is 4.62. The Hall–Kier alpha value is -1.89. The van der Waals surface area contributed by atoms with E-state index in [1.807, 2.05) is 32.0 Å². The van der Waals surface area contributed by atoms with Crippen LogP contribution in [-0.4, -0.2) is 66.7 Å². The van der Waals surface area contributed by atoms with Crippen LogP contribution >= 0.6 is 0 Å². The summed E-state index contributed by atoms with van der Waals surface area (Å²) < 4.78 is 24.2. The molecule has 2 unspecified atom stereocenters. The number of fused-ring (bicyclic) bond motifs is 1. The quantitative estimate of drug-likeness (QED) is 0.774. The molecule has 2 atom stereocenters. The van der Waals surface area contributed by atoms with Crippen LogP contribution < -0.4 is 0 Å². The van der Waals surface area contributed by atoms with Crippen molar-refractivity contribution < 1.29 is 18.0 Å². The molecule has 0 spiro atoms. The van der Waals surface area contributed by atoms with Crippen molar-refractivity contribution in [2.75, 3.05) is 24.6 Å². The number of rotatable bonds is 2. The summed E-state index contributed by atoms with van der Waals surface area (Å²) in [5.41, 5.74) is 3.12. The summed E-state index contributed by atoms with van der Waals surface area (Å²) in [7, 11) is -3.24.